The Morgan fingerprint density at radius 1 is 0.629 bits per heavy atom. The van der Waals surface area contributed by atoms with Crippen LogP contribution in [0.25, 0.3) is 33.6 Å². The van der Waals surface area contributed by atoms with Crippen LogP contribution in [0.1, 0.15) is 16.7 Å². The van der Waals surface area contributed by atoms with Gasteiger partial charge >= 0.3 is 0 Å². The smallest absolute Gasteiger partial charge is 0.187 e. The summed E-state index contributed by atoms with van der Waals surface area (Å²) in [4.78, 5) is 0. The summed E-state index contributed by atoms with van der Waals surface area (Å²) in [6, 6.07) is 38.3. The molecule has 1 heterocycles. The van der Waals surface area contributed by atoms with Gasteiger partial charge in [-0.3, -0.25) is 0 Å². The summed E-state index contributed by atoms with van der Waals surface area (Å²) in [5.74, 6) is 0. The minimum absolute atomic E-state index is 0.652. The Bertz CT molecular complexity index is 1530. The van der Waals surface area contributed by atoms with Gasteiger partial charge in [0.25, 0.3) is 0 Å². The maximum absolute atomic E-state index is 6.69. The molecule has 4 aromatic carbocycles. The number of benzene rings is 4. The standard InChI is InChI=1S/C32H24Cl2N/c33-26-17-15-25(30(34)19-26)21-35-31(24-12-5-2-6-13-24)20-29(22-9-3-1-4-10-22)28-18-16-23-11-7-8-14-27(23)32(28)35/h1-15,17,19-20H,16,18,21H2/q+1. The molecule has 0 fully saturated rings. The van der Waals surface area contributed by atoms with Crippen LogP contribution in [0.3, 0.4) is 0 Å². The molecule has 170 valence electrons. The molecule has 0 amide bonds. The molecule has 0 aliphatic heterocycles. The fraction of sp³-hybridized carbons (Fsp3) is 0.0938. The van der Waals surface area contributed by atoms with Gasteiger partial charge in [0.15, 0.2) is 6.54 Å². The zero-order valence-corrected chi connectivity index (χ0v) is 20.7. The quantitative estimate of drug-likeness (QED) is 0.221. The van der Waals surface area contributed by atoms with Crippen molar-refractivity contribution >= 4 is 23.2 Å². The predicted molar refractivity (Wildman–Crippen MR) is 146 cm³/mol. The SMILES string of the molecule is Clc1ccc(C[n+]2c(-c3ccccc3)cc(-c3ccccc3)c3c2-c2ccccc2CC3)c(Cl)c1. The number of aryl methyl sites for hydroxylation is 1. The van der Waals surface area contributed by atoms with Gasteiger partial charge in [-0.2, -0.15) is 4.57 Å². The molecule has 0 saturated carbocycles. The Morgan fingerprint density at radius 2 is 1.31 bits per heavy atom. The van der Waals surface area contributed by atoms with Crippen molar-refractivity contribution in [2.24, 2.45) is 0 Å². The van der Waals surface area contributed by atoms with Crippen LogP contribution in [0.2, 0.25) is 10.0 Å². The topological polar surface area (TPSA) is 3.88 Å². The Hall–Kier alpha value is -3.39. The molecule has 0 N–H and O–H groups in total. The molecule has 1 aliphatic carbocycles. The average Bonchev–Trinajstić information content (AvgIpc) is 2.91. The van der Waals surface area contributed by atoms with E-state index in [2.05, 4.69) is 95.6 Å². The van der Waals surface area contributed by atoms with Gasteiger partial charge in [-0.25, -0.2) is 0 Å². The van der Waals surface area contributed by atoms with E-state index in [0.29, 0.717) is 16.6 Å². The third-order valence-corrected chi connectivity index (χ3v) is 7.45. The number of fused-ring (bicyclic) bond motifs is 3. The van der Waals surface area contributed by atoms with Gasteiger partial charge in [-0.05, 0) is 65.9 Å². The Kier molecular flexibility index (Phi) is 5.90. The minimum Gasteiger partial charge on any atom is -0.187 e. The molecular formula is C32H24Cl2N+. The summed E-state index contributed by atoms with van der Waals surface area (Å²) < 4.78 is 2.45. The molecule has 5 aromatic rings. The van der Waals surface area contributed by atoms with Crippen LogP contribution in [-0.2, 0) is 19.4 Å². The van der Waals surface area contributed by atoms with E-state index < -0.39 is 0 Å². The maximum Gasteiger partial charge on any atom is 0.217 e. The van der Waals surface area contributed by atoms with E-state index in [1.54, 1.807) is 0 Å². The third-order valence-electron chi connectivity index (χ3n) is 6.87. The summed E-state index contributed by atoms with van der Waals surface area (Å²) in [6.07, 6.45) is 2.04. The second kappa shape index (κ2) is 9.34. The molecule has 1 nitrogen and oxygen atoms in total. The van der Waals surface area contributed by atoms with Crippen LogP contribution >= 0.6 is 23.2 Å². The number of hydrogen-bond acceptors (Lipinski definition) is 0. The molecule has 0 saturated heterocycles. The third kappa shape index (κ3) is 4.16. The Labute approximate surface area is 216 Å². The second-order valence-electron chi connectivity index (χ2n) is 8.98. The summed E-state index contributed by atoms with van der Waals surface area (Å²) in [6.45, 7) is 0.659. The Morgan fingerprint density at radius 3 is 2.06 bits per heavy atom. The van der Waals surface area contributed by atoms with Crippen LogP contribution in [0.15, 0.2) is 109 Å². The molecular weight excluding hydrogens is 469 g/mol. The van der Waals surface area contributed by atoms with Crippen molar-refractivity contribution in [2.75, 3.05) is 0 Å². The van der Waals surface area contributed by atoms with Crippen molar-refractivity contribution in [3.8, 4) is 33.6 Å². The molecule has 1 aromatic heterocycles. The predicted octanol–water partition coefficient (Wildman–Crippen LogP) is 8.43. The van der Waals surface area contributed by atoms with E-state index in [-0.39, 0.29) is 0 Å². The largest absolute Gasteiger partial charge is 0.217 e. The van der Waals surface area contributed by atoms with Crippen molar-refractivity contribution in [1.29, 1.82) is 0 Å². The molecule has 0 atom stereocenters. The molecule has 0 spiro atoms. The summed E-state index contributed by atoms with van der Waals surface area (Å²) >= 11 is 12.9. The number of rotatable bonds is 4. The van der Waals surface area contributed by atoms with Crippen LogP contribution < -0.4 is 4.57 Å². The van der Waals surface area contributed by atoms with Gasteiger partial charge in [0.05, 0.1) is 5.02 Å². The average molecular weight is 493 g/mol. The van der Waals surface area contributed by atoms with E-state index >= 15 is 0 Å². The lowest BCUT2D eigenvalue weighted by Gasteiger charge is -2.23. The van der Waals surface area contributed by atoms with E-state index in [1.165, 1.54) is 44.8 Å². The van der Waals surface area contributed by atoms with E-state index in [9.17, 15) is 0 Å². The van der Waals surface area contributed by atoms with Gasteiger partial charge in [0.2, 0.25) is 11.4 Å². The zero-order valence-electron chi connectivity index (χ0n) is 19.2. The highest BCUT2D eigenvalue weighted by Crippen LogP contribution is 2.39. The van der Waals surface area contributed by atoms with Crippen molar-refractivity contribution in [3.05, 3.63) is 136 Å². The highest BCUT2D eigenvalue weighted by Gasteiger charge is 2.32. The van der Waals surface area contributed by atoms with Gasteiger partial charge in [-0.1, -0.05) is 89.9 Å². The number of aromatic nitrogens is 1. The first-order valence-electron chi connectivity index (χ1n) is 11.9. The highest BCUT2D eigenvalue weighted by atomic mass is 35.5. The lowest BCUT2D eigenvalue weighted by atomic mass is 9.83. The molecule has 0 radical (unpaired) electrons. The summed E-state index contributed by atoms with van der Waals surface area (Å²) in [5, 5.41) is 1.34. The molecule has 6 rings (SSSR count). The van der Waals surface area contributed by atoms with E-state index in [1.807, 2.05) is 18.2 Å². The second-order valence-corrected chi connectivity index (χ2v) is 9.83. The molecule has 0 unspecified atom stereocenters. The van der Waals surface area contributed by atoms with E-state index in [4.69, 9.17) is 23.2 Å². The van der Waals surface area contributed by atoms with Crippen LogP contribution in [0, 0.1) is 0 Å². The normalized spacial score (nSPS) is 12.2. The van der Waals surface area contributed by atoms with Crippen molar-refractivity contribution in [3.63, 3.8) is 0 Å². The van der Waals surface area contributed by atoms with Crippen LogP contribution in [0.4, 0.5) is 0 Å². The summed E-state index contributed by atoms with van der Waals surface area (Å²) in [7, 11) is 0. The first-order chi connectivity index (χ1) is 17.2. The maximum atomic E-state index is 6.69. The van der Waals surface area contributed by atoms with Crippen molar-refractivity contribution in [2.45, 2.75) is 19.4 Å². The number of halogens is 2. The van der Waals surface area contributed by atoms with Crippen LogP contribution in [-0.4, -0.2) is 0 Å². The zero-order chi connectivity index (χ0) is 23.8. The molecule has 1 aliphatic rings. The Balaban J connectivity index is 1.69. The van der Waals surface area contributed by atoms with Gasteiger partial charge in [0.1, 0.15) is 0 Å². The fourth-order valence-electron chi connectivity index (χ4n) is 5.21. The lowest BCUT2D eigenvalue weighted by Crippen LogP contribution is -2.42. The fourth-order valence-corrected chi connectivity index (χ4v) is 5.68. The molecule has 35 heavy (non-hydrogen) atoms. The van der Waals surface area contributed by atoms with Crippen molar-refractivity contribution < 1.29 is 4.57 Å². The number of hydrogen-bond donors (Lipinski definition) is 0. The molecule has 0 bridgehead atoms. The number of nitrogens with zero attached hydrogens (tertiary/aromatic N) is 1. The van der Waals surface area contributed by atoms with Gasteiger partial charge in [0, 0.05) is 33.3 Å². The van der Waals surface area contributed by atoms with Crippen molar-refractivity contribution in [1.82, 2.24) is 0 Å². The lowest BCUT2D eigenvalue weighted by molar-refractivity contribution is -0.666. The van der Waals surface area contributed by atoms with Crippen LogP contribution in [0.5, 0.6) is 0 Å². The minimum atomic E-state index is 0.652. The van der Waals surface area contributed by atoms with Gasteiger partial charge < -0.3 is 0 Å². The first-order valence-corrected chi connectivity index (χ1v) is 12.7. The number of pyridine rings is 1. The summed E-state index contributed by atoms with van der Waals surface area (Å²) in [5.41, 5.74) is 11.3. The first kappa shape index (κ1) is 22.1. The van der Waals surface area contributed by atoms with E-state index in [0.717, 1.165) is 18.4 Å². The monoisotopic (exact) mass is 492 g/mol. The highest BCUT2D eigenvalue weighted by molar-refractivity contribution is 6.35. The van der Waals surface area contributed by atoms with Gasteiger partial charge in [-0.15, -0.1) is 0 Å². The molecule has 3 heteroatoms.